The molecule has 4 heterocycles. The third-order valence-corrected chi connectivity index (χ3v) is 7.50. The Balaban J connectivity index is 1.37. The molecule has 5 rings (SSSR count). The van der Waals surface area contributed by atoms with Crippen LogP contribution in [0.25, 0.3) is 21.3 Å². The maximum Gasteiger partial charge on any atom is 0.348 e. The molecule has 3 aromatic heterocycles. The summed E-state index contributed by atoms with van der Waals surface area (Å²) in [6.45, 7) is -0.497. The first-order valence-electron chi connectivity index (χ1n) is 10.8. The average Bonchev–Trinajstić information content (AvgIpc) is 3.53. The van der Waals surface area contributed by atoms with Crippen LogP contribution in [0, 0.1) is 0 Å². The van der Waals surface area contributed by atoms with E-state index in [2.05, 4.69) is 15.0 Å². The van der Waals surface area contributed by atoms with Gasteiger partial charge in [-0.25, -0.2) is 19.0 Å². The molecule has 0 amide bonds. The first-order valence-corrected chi connectivity index (χ1v) is 12.4. The number of benzene rings is 1. The number of alkyl halides is 1. The van der Waals surface area contributed by atoms with E-state index in [0.29, 0.717) is 16.0 Å². The van der Waals surface area contributed by atoms with E-state index in [1.807, 2.05) is 0 Å². The molecule has 4 N–H and O–H groups in total. The number of halogens is 3. The number of aliphatic carboxylic acids is 2. The number of carboxylic acids is 2. The van der Waals surface area contributed by atoms with E-state index < -0.39 is 49.1 Å². The van der Waals surface area contributed by atoms with Crippen LogP contribution < -0.4 is 5.73 Å². The lowest BCUT2D eigenvalue weighted by atomic mass is 9.94. The molecule has 1 aliphatic rings. The molecule has 1 aliphatic heterocycles. The number of fused-ring (bicyclic) bond motifs is 2. The zero-order chi connectivity index (χ0) is 26.5. The lowest BCUT2D eigenvalue weighted by molar-refractivity contribution is -0.188. The van der Waals surface area contributed by atoms with Gasteiger partial charge in [-0.2, -0.15) is 9.97 Å². The highest BCUT2D eigenvalue weighted by Crippen LogP contribution is 2.36. The van der Waals surface area contributed by atoms with Crippen molar-refractivity contribution in [1.29, 1.82) is 0 Å². The SMILES string of the molecule is Nc1nc(Cl)nc2c1ncn2C1OC(COC(Cc2csc3ccc(Cl)cc23)(C(=O)O)C(=O)O)CC1F. The second-order valence-corrected chi connectivity index (χ2v) is 10.1. The summed E-state index contributed by atoms with van der Waals surface area (Å²) in [6, 6.07) is 5.07. The van der Waals surface area contributed by atoms with Crippen molar-refractivity contribution < 1.29 is 33.7 Å². The Morgan fingerprint density at radius 3 is 2.78 bits per heavy atom. The highest BCUT2D eigenvalue weighted by Gasteiger charge is 2.50. The molecular formula is C22H18Cl2FN5O6S. The fourth-order valence-electron chi connectivity index (χ4n) is 4.26. The number of ether oxygens (including phenoxy) is 2. The van der Waals surface area contributed by atoms with Gasteiger partial charge in [-0.3, -0.25) is 4.57 Å². The van der Waals surface area contributed by atoms with E-state index >= 15 is 4.39 Å². The minimum Gasteiger partial charge on any atom is -0.479 e. The van der Waals surface area contributed by atoms with Crippen LogP contribution in [0.4, 0.5) is 10.2 Å². The Hall–Kier alpha value is -3.10. The van der Waals surface area contributed by atoms with Gasteiger partial charge in [-0.05, 0) is 46.1 Å². The van der Waals surface area contributed by atoms with Crippen molar-refractivity contribution in [2.24, 2.45) is 0 Å². The maximum absolute atomic E-state index is 15.0. The summed E-state index contributed by atoms with van der Waals surface area (Å²) >= 11 is 13.3. The summed E-state index contributed by atoms with van der Waals surface area (Å²) in [6.07, 6.45) is -3.11. The van der Waals surface area contributed by atoms with E-state index in [-0.39, 0.29) is 28.7 Å². The molecule has 0 radical (unpaired) electrons. The summed E-state index contributed by atoms with van der Waals surface area (Å²) in [5.74, 6) is -3.39. The number of hydrogen-bond donors (Lipinski definition) is 3. The van der Waals surface area contributed by atoms with Crippen LogP contribution in [-0.2, 0) is 25.5 Å². The van der Waals surface area contributed by atoms with Gasteiger partial charge in [-0.1, -0.05) is 11.6 Å². The molecule has 3 unspecified atom stereocenters. The number of aromatic nitrogens is 4. The molecule has 0 saturated carbocycles. The number of anilines is 1. The Bertz CT molecular complexity index is 1520. The predicted molar refractivity (Wildman–Crippen MR) is 133 cm³/mol. The zero-order valence-electron chi connectivity index (χ0n) is 18.7. The number of hydrogen-bond acceptors (Lipinski definition) is 9. The molecule has 0 spiro atoms. The number of nitrogen functional groups attached to an aromatic ring is 1. The zero-order valence-corrected chi connectivity index (χ0v) is 21.0. The number of carbonyl (C=O) groups is 2. The van der Waals surface area contributed by atoms with Gasteiger partial charge >= 0.3 is 11.9 Å². The predicted octanol–water partition coefficient (Wildman–Crippen LogP) is 3.72. The number of imidazole rings is 1. The molecule has 194 valence electrons. The van der Waals surface area contributed by atoms with Crippen LogP contribution in [0.3, 0.4) is 0 Å². The fourth-order valence-corrected chi connectivity index (χ4v) is 5.55. The lowest BCUT2D eigenvalue weighted by Gasteiger charge is -2.26. The number of carboxylic acid groups (broad SMARTS) is 2. The van der Waals surface area contributed by atoms with E-state index in [1.165, 1.54) is 22.2 Å². The number of nitrogens with two attached hydrogens (primary N) is 1. The van der Waals surface area contributed by atoms with Gasteiger partial charge in [0, 0.05) is 22.6 Å². The van der Waals surface area contributed by atoms with Crippen LogP contribution in [0.5, 0.6) is 0 Å². The van der Waals surface area contributed by atoms with Gasteiger partial charge in [0.2, 0.25) is 5.28 Å². The molecule has 0 bridgehead atoms. The van der Waals surface area contributed by atoms with Crippen molar-refractivity contribution >= 4 is 73.5 Å². The largest absolute Gasteiger partial charge is 0.479 e. The Morgan fingerprint density at radius 1 is 1.30 bits per heavy atom. The first kappa shape index (κ1) is 25.5. The monoisotopic (exact) mass is 569 g/mol. The van der Waals surface area contributed by atoms with Crippen molar-refractivity contribution in [3.05, 3.63) is 45.8 Å². The van der Waals surface area contributed by atoms with Gasteiger partial charge in [0.1, 0.15) is 11.7 Å². The van der Waals surface area contributed by atoms with Gasteiger partial charge < -0.3 is 25.4 Å². The third-order valence-electron chi connectivity index (χ3n) is 6.09. The lowest BCUT2D eigenvalue weighted by Crippen LogP contribution is -2.52. The van der Waals surface area contributed by atoms with E-state index in [9.17, 15) is 19.8 Å². The second kappa shape index (κ2) is 9.65. The van der Waals surface area contributed by atoms with E-state index in [0.717, 1.165) is 4.70 Å². The van der Waals surface area contributed by atoms with E-state index in [1.54, 1.807) is 23.6 Å². The van der Waals surface area contributed by atoms with Gasteiger partial charge in [0.05, 0.1) is 19.0 Å². The highest BCUT2D eigenvalue weighted by atomic mass is 35.5. The summed E-state index contributed by atoms with van der Waals surface area (Å²) < 4.78 is 28.4. The number of nitrogens with zero attached hydrogens (tertiary/aromatic N) is 4. The molecule has 15 heteroatoms. The molecule has 4 aromatic rings. The van der Waals surface area contributed by atoms with Crippen molar-refractivity contribution in [1.82, 2.24) is 19.5 Å². The van der Waals surface area contributed by atoms with Crippen molar-refractivity contribution in [2.45, 2.75) is 36.9 Å². The first-order chi connectivity index (χ1) is 17.6. The van der Waals surface area contributed by atoms with Crippen LogP contribution in [0.1, 0.15) is 18.2 Å². The van der Waals surface area contributed by atoms with Crippen LogP contribution in [0.2, 0.25) is 10.3 Å². The van der Waals surface area contributed by atoms with E-state index in [4.69, 9.17) is 38.4 Å². The third kappa shape index (κ3) is 4.57. The molecule has 11 nitrogen and oxygen atoms in total. The summed E-state index contributed by atoms with van der Waals surface area (Å²) in [5.41, 5.74) is 3.96. The van der Waals surface area contributed by atoms with Gasteiger partial charge in [-0.15, -0.1) is 11.3 Å². The van der Waals surface area contributed by atoms with Crippen molar-refractivity contribution in [3.8, 4) is 0 Å². The molecule has 1 aromatic carbocycles. The van der Waals surface area contributed by atoms with Crippen LogP contribution >= 0.6 is 34.5 Å². The topological polar surface area (TPSA) is 163 Å². The highest BCUT2D eigenvalue weighted by molar-refractivity contribution is 7.17. The minimum atomic E-state index is -2.64. The normalized spacial score (nSPS) is 20.1. The summed E-state index contributed by atoms with van der Waals surface area (Å²) in [7, 11) is 0. The second-order valence-electron chi connectivity index (χ2n) is 8.43. The van der Waals surface area contributed by atoms with Gasteiger partial charge in [0.15, 0.2) is 17.7 Å². The molecule has 0 aliphatic carbocycles. The number of thiophene rings is 1. The Morgan fingerprint density at radius 2 is 2.05 bits per heavy atom. The minimum absolute atomic E-state index is 0.0111. The summed E-state index contributed by atoms with van der Waals surface area (Å²) in [5, 5.41) is 22.4. The standard InChI is InChI=1S/C22H18Cl2FN5O6S/c23-10-1-2-14-12(3-10)9(7-37-14)5-22(19(31)32,20(33)34)35-6-11-4-13(25)18(36-11)30-8-27-15-16(26)28-21(24)29-17(15)30/h1-3,7-8,11,13,18H,4-6H2,(H,31,32)(H,33,34)(H2,26,28,29). The number of rotatable bonds is 8. The average molecular weight is 570 g/mol. The van der Waals surface area contributed by atoms with Crippen LogP contribution in [0.15, 0.2) is 29.9 Å². The van der Waals surface area contributed by atoms with Gasteiger partial charge in [0.25, 0.3) is 5.60 Å². The Kier molecular flexibility index (Phi) is 6.66. The Labute approximate surface area is 221 Å². The van der Waals surface area contributed by atoms with Crippen molar-refractivity contribution in [2.75, 3.05) is 12.3 Å². The molecule has 1 saturated heterocycles. The molecule has 37 heavy (non-hydrogen) atoms. The molecular weight excluding hydrogens is 552 g/mol. The quantitative estimate of drug-likeness (QED) is 0.210. The van der Waals surface area contributed by atoms with Crippen molar-refractivity contribution in [3.63, 3.8) is 0 Å². The van der Waals surface area contributed by atoms with Crippen LogP contribution in [-0.4, -0.2) is 66.2 Å². The maximum atomic E-state index is 15.0. The molecule has 1 fully saturated rings. The smallest absolute Gasteiger partial charge is 0.348 e. The fraction of sp³-hybridized carbons (Fsp3) is 0.318. The molecule has 3 atom stereocenters. The summed E-state index contributed by atoms with van der Waals surface area (Å²) in [4.78, 5) is 36.4.